The van der Waals surface area contributed by atoms with Gasteiger partial charge in [-0.2, -0.15) is 0 Å². The maximum Gasteiger partial charge on any atom is 0.234 e. The molecule has 90 valence electrons. The highest BCUT2D eigenvalue weighted by Gasteiger charge is 2.07. The summed E-state index contributed by atoms with van der Waals surface area (Å²) in [7, 11) is 0. The first-order valence-corrected chi connectivity index (χ1v) is 5.94. The monoisotopic (exact) mass is 214 g/mol. The van der Waals surface area contributed by atoms with Gasteiger partial charge >= 0.3 is 0 Å². The molecule has 0 spiro atoms. The van der Waals surface area contributed by atoms with E-state index in [1.54, 1.807) is 0 Å². The van der Waals surface area contributed by atoms with E-state index in [0.29, 0.717) is 18.5 Å². The van der Waals surface area contributed by atoms with Gasteiger partial charge in [-0.1, -0.05) is 27.7 Å². The van der Waals surface area contributed by atoms with E-state index in [4.69, 9.17) is 0 Å². The molecule has 0 bridgehead atoms. The lowest BCUT2D eigenvalue weighted by Crippen LogP contribution is -2.40. The van der Waals surface area contributed by atoms with Gasteiger partial charge in [0.05, 0.1) is 6.54 Å². The predicted octanol–water partition coefficient (Wildman–Crippen LogP) is 1.93. The molecular weight excluding hydrogens is 188 g/mol. The molecule has 0 aromatic carbocycles. The highest BCUT2D eigenvalue weighted by molar-refractivity contribution is 5.78. The van der Waals surface area contributed by atoms with Crippen LogP contribution in [0.2, 0.25) is 0 Å². The smallest absolute Gasteiger partial charge is 0.234 e. The Bertz CT molecular complexity index is 178. The molecule has 1 amide bonds. The van der Waals surface area contributed by atoms with Crippen LogP contribution in [0, 0.1) is 5.92 Å². The van der Waals surface area contributed by atoms with Crippen LogP contribution < -0.4 is 10.6 Å². The molecule has 3 nitrogen and oxygen atoms in total. The third-order valence-electron chi connectivity index (χ3n) is 2.26. The number of carbonyl (C=O) groups is 1. The molecule has 0 aromatic rings. The van der Waals surface area contributed by atoms with Gasteiger partial charge in [0.15, 0.2) is 0 Å². The lowest BCUT2D eigenvalue weighted by Gasteiger charge is -2.16. The lowest BCUT2D eigenvalue weighted by molar-refractivity contribution is -0.121. The molecule has 1 atom stereocenters. The molecule has 0 aliphatic heterocycles. The van der Waals surface area contributed by atoms with E-state index >= 15 is 0 Å². The summed E-state index contributed by atoms with van der Waals surface area (Å²) >= 11 is 0. The van der Waals surface area contributed by atoms with E-state index in [1.165, 1.54) is 6.42 Å². The van der Waals surface area contributed by atoms with Gasteiger partial charge in [0.25, 0.3) is 0 Å². The van der Waals surface area contributed by atoms with Crippen LogP contribution in [0.5, 0.6) is 0 Å². The largest absolute Gasteiger partial charge is 0.353 e. The van der Waals surface area contributed by atoms with Crippen molar-refractivity contribution in [1.82, 2.24) is 10.6 Å². The van der Waals surface area contributed by atoms with Gasteiger partial charge in [-0.3, -0.25) is 4.79 Å². The molecule has 0 radical (unpaired) electrons. The second-order valence-electron chi connectivity index (χ2n) is 4.98. The fourth-order valence-corrected chi connectivity index (χ4v) is 1.28. The third kappa shape index (κ3) is 9.73. The quantitative estimate of drug-likeness (QED) is 0.680. The molecule has 2 N–H and O–H groups in total. The van der Waals surface area contributed by atoms with E-state index < -0.39 is 0 Å². The summed E-state index contributed by atoms with van der Waals surface area (Å²) in [6, 6.07) is 0.649. The fourth-order valence-electron chi connectivity index (χ4n) is 1.28. The highest BCUT2D eigenvalue weighted by atomic mass is 16.1. The maximum absolute atomic E-state index is 11.4. The van der Waals surface area contributed by atoms with Gasteiger partial charge in [-0.25, -0.2) is 0 Å². The molecule has 0 aliphatic carbocycles. The number of carbonyl (C=O) groups excluding carboxylic acids is 1. The average Bonchev–Trinajstić information content (AvgIpc) is 2.11. The second kappa shape index (κ2) is 7.69. The molecule has 0 saturated carbocycles. The Morgan fingerprint density at radius 3 is 2.13 bits per heavy atom. The molecule has 0 fully saturated rings. The van der Waals surface area contributed by atoms with Crippen molar-refractivity contribution in [3.05, 3.63) is 0 Å². The van der Waals surface area contributed by atoms with Gasteiger partial charge in [-0.15, -0.1) is 0 Å². The minimum absolute atomic E-state index is 0.0972. The van der Waals surface area contributed by atoms with Gasteiger partial charge < -0.3 is 10.6 Å². The first-order chi connectivity index (χ1) is 6.91. The molecule has 15 heavy (non-hydrogen) atoms. The molecule has 0 saturated heterocycles. The molecule has 3 heteroatoms. The van der Waals surface area contributed by atoms with E-state index in [1.807, 2.05) is 13.8 Å². The predicted molar refractivity (Wildman–Crippen MR) is 64.8 cm³/mol. The zero-order chi connectivity index (χ0) is 11.8. The standard InChI is InChI=1S/C12H26N2O/c1-9(2)6-7-11(5)14-12(15)8-13-10(3)4/h9-11,13H,6-8H2,1-5H3,(H,14,15). The summed E-state index contributed by atoms with van der Waals surface area (Å²) in [4.78, 5) is 11.4. The molecule has 0 aromatic heterocycles. The van der Waals surface area contributed by atoms with E-state index in [-0.39, 0.29) is 11.9 Å². The molecule has 0 aliphatic rings. The van der Waals surface area contributed by atoms with Crippen molar-refractivity contribution in [2.45, 2.75) is 59.5 Å². The zero-order valence-electron chi connectivity index (χ0n) is 10.8. The van der Waals surface area contributed by atoms with Crippen molar-refractivity contribution in [2.75, 3.05) is 6.54 Å². The Labute approximate surface area is 94.0 Å². The first kappa shape index (κ1) is 14.4. The summed E-state index contributed by atoms with van der Waals surface area (Å²) in [6.07, 6.45) is 2.23. The number of rotatable bonds is 7. The van der Waals surface area contributed by atoms with Crippen molar-refractivity contribution in [1.29, 1.82) is 0 Å². The van der Waals surface area contributed by atoms with Crippen LogP contribution in [0.25, 0.3) is 0 Å². The van der Waals surface area contributed by atoms with Crippen molar-refractivity contribution in [3.8, 4) is 0 Å². The van der Waals surface area contributed by atoms with E-state index in [2.05, 4.69) is 31.4 Å². The van der Waals surface area contributed by atoms with Crippen molar-refractivity contribution >= 4 is 5.91 Å². The number of hydrogen-bond donors (Lipinski definition) is 2. The van der Waals surface area contributed by atoms with Crippen LogP contribution in [0.3, 0.4) is 0 Å². The van der Waals surface area contributed by atoms with Crippen LogP contribution in [-0.4, -0.2) is 24.5 Å². The fraction of sp³-hybridized carbons (Fsp3) is 0.917. The summed E-state index contributed by atoms with van der Waals surface area (Å²) in [5.74, 6) is 0.804. The van der Waals surface area contributed by atoms with Crippen LogP contribution in [0.1, 0.15) is 47.5 Å². The molecule has 1 unspecified atom stereocenters. The van der Waals surface area contributed by atoms with E-state index in [0.717, 1.165) is 6.42 Å². The van der Waals surface area contributed by atoms with Crippen molar-refractivity contribution < 1.29 is 4.79 Å². The second-order valence-corrected chi connectivity index (χ2v) is 4.98. The molecule has 0 heterocycles. The first-order valence-electron chi connectivity index (χ1n) is 5.94. The Morgan fingerprint density at radius 2 is 1.67 bits per heavy atom. The summed E-state index contributed by atoms with van der Waals surface area (Å²) in [5.41, 5.74) is 0. The Kier molecular flexibility index (Phi) is 7.39. The number of amides is 1. The van der Waals surface area contributed by atoms with Crippen molar-refractivity contribution in [2.24, 2.45) is 5.92 Å². The minimum Gasteiger partial charge on any atom is -0.353 e. The van der Waals surface area contributed by atoms with Gasteiger partial charge in [-0.05, 0) is 25.7 Å². The number of hydrogen-bond acceptors (Lipinski definition) is 2. The molecular formula is C12H26N2O. The third-order valence-corrected chi connectivity index (χ3v) is 2.26. The van der Waals surface area contributed by atoms with Crippen molar-refractivity contribution in [3.63, 3.8) is 0 Å². The molecule has 0 rings (SSSR count). The normalized spacial score (nSPS) is 13.3. The van der Waals surface area contributed by atoms with Gasteiger partial charge in [0.1, 0.15) is 0 Å². The maximum atomic E-state index is 11.4. The summed E-state index contributed by atoms with van der Waals surface area (Å²) in [6.45, 7) is 11.0. The van der Waals surface area contributed by atoms with E-state index in [9.17, 15) is 4.79 Å². The van der Waals surface area contributed by atoms with Gasteiger partial charge in [0.2, 0.25) is 5.91 Å². The summed E-state index contributed by atoms with van der Waals surface area (Å²) in [5, 5.41) is 6.09. The minimum atomic E-state index is 0.0972. The number of nitrogens with one attached hydrogen (secondary N) is 2. The lowest BCUT2D eigenvalue weighted by atomic mass is 10.0. The highest BCUT2D eigenvalue weighted by Crippen LogP contribution is 2.05. The van der Waals surface area contributed by atoms with Gasteiger partial charge in [0, 0.05) is 12.1 Å². The van der Waals surface area contributed by atoms with Crippen LogP contribution in [0.15, 0.2) is 0 Å². The Morgan fingerprint density at radius 1 is 1.07 bits per heavy atom. The SMILES string of the molecule is CC(C)CCC(C)NC(=O)CNC(C)C. The van der Waals surface area contributed by atoms with Crippen LogP contribution in [-0.2, 0) is 4.79 Å². The van der Waals surface area contributed by atoms with Crippen LogP contribution >= 0.6 is 0 Å². The zero-order valence-corrected chi connectivity index (χ0v) is 10.8. The van der Waals surface area contributed by atoms with Crippen LogP contribution in [0.4, 0.5) is 0 Å². The summed E-state index contributed by atoms with van der Waals surface area (Å²) < 4.78 is 0. The Balaban J connectivity index is 3.57. The topological polar surface area (TPSA) is 41.1 Å². The average molecular weight is 214 g/mol. The Hall–Kier alpha value is -0.570.